The molecule has 1 aromatic rings. The summed E-state index contributed by atoms with van der Waals surface area (Å²) in [5, 5.41) is 2.21. The van der Waals surface area contributed by atoms with Gasteiger partial charge in [-0.05, 0) is 35.8 Å². The molecule has 0 unspecified atom stereocenters. The van der Waals surface area contributed by atoms with Gasteiger partial charge < -0.3 is 4.74 Å². The Morgan fingerprint density at radius 1 is 1.69 bits per heavy atom. The van der Waals surface area contributed by atoms with Crippen LogP contribution in [0.5, 0.6) is 0 Å². The predicted molar refractivity (Wildman–Crippen MR) is 56.5 cm³/mol. The summed E-state index contributed by atoms with van der Waals surface area (Å²) in [5.41, 5.74) is 1.54. The van der Waals surface area contributed by atoms with Gasteiger partial charge in [0.05, 0.1) is 12.7 Å². The van der Waals surface area contributed by atoms with Crippen molar-refractivity contribution in [2.24, 2.45) is 0 Å². The van der Waals surface area contributed by atoms with Gasteiger partial charge in [0.15, 0.2) is 0 Å². The standard InChI is InChI=1S/C11H16OS/c1-3-11-10(4-5-13-11)8(2)6-9-7-12-9/h4-5,8-9H,3,6-7H2,1-2H3/t8-,9-/m0/s1. The second kappa shape index (κ2) is 3.81. The molecular weight excluding hydrogens is 180 g/mol. The monoisotopic (exact) mass is 196 g/mol. The maximum Gasteiger partial charge on any atom is 0.0815 e. The van der Waals surface area contributed by atoms with Crippen molar-refractivity contribution in [3.8, 4) is 0 Å². The van der Waals surface area contributed by atoms with E-state index in [-0.39, 0.29) is 0 Å². The van der Waals surface area contributed by atoms with Gasteiger partial charge in [-0.1, -0.05) is 13.8 Å². The summed E-state index contributed by atoms with van der Waals surface area (Å²) in [5.74, 6) is 0.675. The van der Waals surface area contributed by atoms with Crippen LogP contribution in [0.3, 0.4) is 0 Å². The lowest BCUT2D eigenvalue weighted by Gasteiger charge is -2.09. The van der Waals surface area contributed by atoms with Crippen LogP contribution in [0, 0.1) is 0 Å². The number of hydrogen-bond acceptors (Lipinski definition) is 2. The summed E-state index contributed by atoms with van der Waals surface area (Å²) < 4.78 is 5.25. The average Bonchev–Trinajstić information content (AvgIpc) is 2.82. The van der Waals surface area contributed by atoms with E-state index in [4.69, 9.17) is 4.74 Å². The van der Waals surface area contributed by atoms with Crippen LogP contribution in [0.1, 0.15) is 36.6 Å². The molecule has 1 aromatic heterocycles. The van der Waals surface area contributed by atoms with E-state index in [0.29, 0.717) is 12.0 Å². The van der Waals surface area contributed by atoms with Crippen LogP contribution in [-0.2, 0) is 11.2 Å². The van der Waals surface area contributed by atoms with Gasteiger partial charge in [0.1, 0.15) is 0 Å². The van der Waals surface area contributed by atoms with Crippen LogP contribution >= 0.6 is 11.3 Å². The quantitative estimate of drug-likeness (QED) is 0.674. The van der Waals surface area contributed by atoms with E-state index in [0.717, 1.165) is 6.61 Å². The van der Waals surface area contributed by atoms with Gasteiger partial charge in [0, 0.05) is 4.88 Å². The van der Waals surface area contributed by atoms with Gasteiger partial charge in [0.25, 0.3) is 0 Å². The summed E-state index contributed by atoms with van der Waals surface area (Å²) in [6, 6.07) is 2.27. The molecule has 0 aromatic carbocycles. The van der Waals surface area contributed by atoms with E-state index in [1.165, 1.54) is 12.8 Å². The molecule has 0 radical (unpaired) electrons. The summed E-state index contributed by atoms with van der Waals surface area (Å²) in [6.45, 7) is 5.52. The van der Waals surface area contributed by atoms with Gasteiger partial charge in [0.2, 0.25) is 0 Å². The van der Waals surface area contributed by atoms with Crippen molar-refractivity contribution in [1.82, 2.24) is 0 Å². The van der Waals surface area contributed by atoms with Crippen molar-refractivity contribution in [1.29, 1.82) is 0 Å². The maximum atomic E-state index is 5.25. The topological polar surface area (TPSA) is 12.5 Å². The minimum absolute atomic E-state index is 0.555. The third-order valence-corrected chi connectivity index (χ3v) is 3.73. The zero-order valence-corrected chi connectivity index (χ0v) is 9.06. The molecule has 1 aliphatic rings. The first-order chi connectivity index (χ1) is 6.31. The lowest BCUT2D eigenvalue weighted by molar-refractivity contribution is 0.384. The van der Waals surface area contributed by atoms with E-state index in [9.17, 15) is 0 Å². The molecule has 0 bridgehead atoms. The molecule has 2 atom stereocenters. The Labute approximate surface area is 83.7 Å². The molecule has 1 fully saturated rings. The van der Waals surface area contributed by atoms with E-state index in [1.54, 1.807) is 10.4 Å². The van der Waals surface area contributed by atoms with E-state index in [2.05, 4.69) is 25.3 Å². The summed E-state index contributed by atoms with van der Waals surface area (Å²) in [4.78, 5) is 1.55. The number of hydrogen-bond donors (Lipinski definition) is 0. The molecule has 1 nitrogen and oxygen atoms in total. The molecule has 1 saturated heterocycles. The SMILES string of the molecule is CCc1sccc1[C@@H](C)C[C@H]1CO1. The fourth-order valence-corrected chi connectivity index (χ4v) is 2.75. The zero-order chi connectivity index (χ0) is 9.26. The van der Waals surface area contributed by atoms with Crippen LogP contribution in [0.25, 0.3) is 0 Å². The Hall–Kier alpha value is -0.340. The third-order valence-electron chi connectivity index (χ3n) is 2.65. The highest BCUT2D eigenvalue weighted by Crippen LogP contribution is 2.31. The number of aryl methyl sites for hydroxylation is 1. The van der Waals surface area contributed by atoms with Crippen molar-refractivity contribution in [3.05, 3.63) is 21.9 Å². The zero-order valence-electron chi connectivity index (χ0n) is 8.25. The van der Waals surface area contributed by atoms with Gasteiger partial charge >= 0.3 is 0 Å². The second-order valence-corrected chi connectivity index (χ2v) is 4.75. The fraction of sp³-hybridized carbons (Fsp3) is 0.636. The van der Waals surface area contributed by atoms with Crippen LogP contribution in [0.15, 0.2) is 11.4 Å². The fourth-order valence-electron chi connectivity index (χ4n) is 1.80. The van der Waals surface area contributed by atoms with Gasteiger partial charge in [-0.2, -0.15) is 0 Å². The highest BCUT2D eigenvalue weighted by molar-refractivity contribution is 7.10. The molecule has 72 valence electrons. The summed E-state index contributed by atoms with van der Waals surface area (Å²) in [6.07, 6.45) is 2.92. The Morgan fingerprint density at radius 2 is 2.46 bits per heavy atom. The molecular formula is C11H16OS. The highest BCUT2D eigenvalue weighted by atomic mass is 32.1. The molecule has 13 heavy (non-hydrogen) atoms. The lowest BCUT2D eigenvalue weighted by Crippen LogP contribution is -1.99. The normalized spacial score (nSPS) is 23.1. The van der Waals surface area contributed by atoms with Gasteiger partial charge in [-0.3, -0.25) is 0 Å². The molecule has 2 heterocycles. The van der Waals surface area contributed by atoms with Crippen molar-refractivity contribution in [2.45, 2.75) is 38.7 Å². The van der Waals surface area contributed by atoms with E-state index < -0.39 is 0 Å². The Kier molecular flexibility index (Phi) is 2.70. The molecule has 2 heteroatoms. The Morgan fingerprint density at radius 3 is 3.08 bits per heavy atom. The molecule has 2 rings (SSSR count). The number of epoxide rings is 1. The molecule has 0 saturated carbocycles. The first-order valence-corrected chi connectivity index (χ1v) is 5.87. The van der Waals surface area contributed by atoms with Crippen LogP contribution in [0.4, 0.5) is 0 Å². The van der Waals surface area contributed by atoms with Crippen molar-refractivity contribution in [3.63, 3.8) is 0 Å². The number of thiophene rings is 1. The van der Waals surface area contributed by atoms with Crippen molar-refractivity contribution in [2.75, 3.05) is 6.61 Å². The molecule has 0 aliphatic carbocycles. The Bertz CT molecular complexity index is 275. The average molecular weight is 196 g/mol. The van der Waals surface area contributed by atoms with Crippen molar-refractivity contribution < 1.29 is 4.74 Å². The minimum atomic E-state index is 0.555. The molecule has 0 N–H and O–H groups in total. The van der Waals surface area contributed by atoms with Crippen molar-refractivity contribution >= 4 is 11.3 Å². The first-order valence-electron chi connectivity index (χ1n) is 4.99. The number of rotatable bonds is 4. The number of ether oxygens (including phenoxy) is 1. The third kappa shape index (κ3) is 2.12. The highest BCUT2D eigenvalue weighted by Gasteiger charge is 2.26. The smallest absolute Gasteiger partial charge is 0.0815 e. The van der Waals surface area contributed by atoms with E-state index >= 15 is 0 Å². The van der Waals surface area contributed by atoms with Crippen LogP contribution < -0.4 is 0 Å². The summed E-state index contributed by atoms with van der Waals surface area (Å²) >= 11 is 1.88. The first kappa shape index (κ1) is 9.22. The molecule has 0 spiro atoms. The maximum absolute atomic E-state index is 5.25. The van der Waals surface area contributed by atoms with Crippen LogP contribution in [-0.4, -0.2) is 12.7 Å². The van der Waals surface area contributed by atoms with Crippen LogP contribution in [0.2, 0.25) is 0 Å². The lowest BCUT2D eigenvalue weighted by atomic mass is 9.96. The molecule has 0 amide bonds. The summed E-state index contributed by atoms with van der Waals surface area (Å²) in [7, 11) is 0. The second-order valence-electron chi connectivity index (χ2n) is 3.74. The molecule has 1 aliphatic heterocycles. The van der Waals surface area contributed by atoms with Gasteiger partial charge in [-0.15, -0.1) is 11.3 Å². The largest absolute Gasteiger partial charge is 0.373 e. The van der Waals surface area contributed by atoms with E-state index in [1.807, 2.05) is 11.3 Å². The van der Waals surface area contributed by atoms with Gasteiger partial charge in [-0.25, -0.2) is 0 Å². The predicted octanol–water partition coefficient (Wildman–Crippen LogP) is 3.20. The minimum Gasteiger partial charge on any atom is -0.373 e. The Balaban J connectivity index is 2.04.